The molecule has 0 atom stereocenters. The van der Waals surface area contributed by atoms with Gasteiger partial charge in [0, 0.05) is 41.6 Å². The van der Waals surface area contributed by atoms with Crippen LogP contribution >= 0.6 is 0 Å². The average Bonchev–Trinajstić information content (AvgIpc) is 3.07. The van der Waals surface area contributed by atoms with Crippen LogP contribution in [0.4, 0.5) is 19.0 Å². The number of amides is 1. The molecule has 0 fully saturated rings. The monoisotopic (exact) mass is 467 g/mol. The molecule has 0 saturated carbocycles. The van der Waals surface area contributed by atoms with Gasteiger partial charge < -0.3 is 5.32 Å². The van der Waals surface area contributed by atoms with E-state index in [-0.39, 0.29) is 12.5 Å². The Balaban J connectivity index is 1.53. The number of anilines is 1. The van der Waals surface area contributed by atoms with Crippen LogP contribution in [0.2, 0.25) is 0 Å². The smallest absolute Gasteiger partial charge is 0.309 e. The number of carbonyl (C=O) groups is 1. The summed E-state index contributed by atoms with van der Waals surface area (Å²) in [7, 11) is 0. The van der Waals surface area contributed by atoms with E-state index in [0.717, 1.165) is 23.4 Å². The Morgan fingerprint density at radius 1 is 1.00 bits per heavy atom. The Morgan fingerprint density at radius 3 is 2.47 bits per heavy atom. The van der Waals surface area contributed by atoms with E-state index < -0.39 is 11.9 Å². The van der Waals surface area contributed by atoms with Gasteiger partial charge in [-0.1, -0.05) is 0 Å². The van der Waals surface area contributed by atoms with E-state index in [1.807, 2.05) is 13.0 Å². The Morgan fingerprint density at radius 2 is 1.79 bits per heavy atom. The van der Waals surface area contributed by atoms with Gasteiger partial charge in [-0.15, -0.1) is 0 Å². The summed E-state index contributed by atoms with van der Waals surface area (Å²) in [5, 5.41) is 7.11. The molecule has 4 aromatic heterocycles. The van der Waals surface area contributed by atoms with Crippen LogP contribution < -0.4 is 5.32 Å². The summed E-state index contributed by atoms with van der Waals surface area (Å²) < 4.78 is 40.7. The lowest BCUT2D eigenvalue weighted by Gasteiger charge is -2.10. The summed E-state index contributed by atoms with van der Waals surface area (Å²) in [4.78, 5) is 28.7. The number of hydrogen-bond donors (Lipinski definition) is 1. The number of aryl methyl sites for hydroxylation is 2. The Labute approximate surface area is 192 Å². The van der Waals surface area contributed by atoms with Gasteiger partial charge in [0.15, 0.2) is 0 Å². The highest BCUT2D eigenvalue weighted by atomic mass is 19.4. The van der Waals surface area contributed by atoms with Gasteiger partial charge in [-0.25, -0.2) is 4.98 Å². The predicted octanol–water partition coefficient (Wildman–Crippen LogP) is 4.38. The highest BCUT2D eigenvalue weighted by molar-refractivity contribution is 5.90. The minimum absolute atomic E-state index is 0.128. The van der Waals surface area contributed by atoms with Crippen LogP contribution in [-0.4, -0.2) is 35.6 Å². The van der Waals surface area contributed by atoms with Crippen LogP contribution in [0.5, 0.6) is 0 Å². The van der Waals surface area contributed by atoms with Crippen LogP contribution in [0.25, 0.3) is 22.4 Å². The maximum Gasteiger partial charge on any atom is 0.433 e. The lowest BCUT2D eigenvalue weighted by molar-refractivity contribution is -0.141. The molecule has 0 aliphatic rings. The first kappa shape index (κ1) is 23.0. The number of nitrogens with zero attached hydrogens (tertiary/aromatic N) is 6. The topological polar surface area (TPSA) is 98.5 Å². The molecule has 0 aromatic carbocycles. The summed E-state index contributed by atoms with van der Waals surface area (Å²) in [6.45, 7) is 5.07. The van der Waals surface area contributed by atoms with Crippen molar-refractivity contribution in [1.29, 1.82) is 0 Å². The maximum atomic E-state index is 13.1. The molecule has 4 aromatic rings. The maximum absolute atomic E-state index is 13.1. The first-order valence-corrected chi connectivity index (χ1v) is 10.2. The zero-order valence-electron chi connectivity index (χ0n) is 18.6. The van der Waals surface area contributed by atoms with Gasteiger partial charge in [-0.2, -0.15) is 18.3 Å². The molecular weight excluding hydrogens is 447 g/mol. The molecule has 0 aliphatic heterocycles. The molecule has 0 radical (unpaired) electrons. The molecule has 8 nitrogen and oxygen atoms in total. The molecule has 1 N–H and O–H groups in total. The number of rotatable bonds is 5. The van der Waals surface area contributed by atoms with Crippen molar-refractivity contribution < 1.29 is 18.0 Å². The summed E-state index contributed by atoms with van der Waals surface area (Å²) >= 11 is 0. The molecule has 0 unspecified atom stereocenters. The molecule has 174 valence electrons. The fraction of sp³-hybridized carbons (Fsp3) is 0.217. The van der Waals surface area contributed by atoms with Crippen molar-refractivity contribution in [2.24, 2.45) is 0 Å². The van der Waals surface area contributed by atoms with Crippen molar-refractivity contribution >= 4 is 11.7 Å². The van der Waals surface area contributed by atoms with E-state index in [1.165, 1.54) is 10.7 Å². The molecule has 34 heavy (non-hydrogen) atoms. The van der Waals surface area contributed by atoms with E-state index in [0.29, 0.717) is 34.0 Å². The van der Waals surface area contributed by atoms with Gasteiger partial charge in [0.25, 0.3) is 0 Å². The second-order valence-electron chi connectivity index (χ2n) is 7.66. The van der Waals surface area contributed by atoms with Crippen molar-refractivity contribution in [1.82, 2.24) is 29.7 Å². The highest BCUT2D eigenvalue weighted by Crippen LogP contribution is 2.33. The number of aromatic nitrogens is 6. The average molecular weight is 467 g/mol. The van der Waals surface area contributed by atoms with Crippen LogP contribution in [0.3, 0.4) is 0 Å². The zero-order valence-corrected chi connectivity index (χ0v) is 18.6. The molecule has 0 spiro atoms. The quantitative estimate of drug-likeness (QED) is 0.468. The SMILES string of the molecule is Cc1cc(-c2cnccn2)cnc1NC(=O)Cn1nc(C)c(-c2ccnc(C(F)(F)F)c2)c1C. The lowest BCUT2D eigenvalue weighted by Crippen LogP contribution is -2.21. The van der Waals surface area contributed by atoms with Crippen molar-refractivity contribution in [3.63, 3.8) is 0 Å². The molecule has 4 rings (SSSR count). The molecule has 0 bridgehead atoms. The van der Waals surface area contributed by atoms with Gasteiger partial charge in [0.05, 0.1) is 17.6 Å². The Hall–Kier alpha value is -4.15. The fourth-order valence-electron chi connectivity index (χ4n) is 3.61. The lowest BCUT2D eigenvalue weighted by atomic mass is 10.0. The summed E-state index contributed by atoms with van der Waals surface area (Å²) in [6, 6.07) is 4.31. The van der Waals surface area contributed by atoms with E-state index >= 15 is 0 Å². The van der Waals surface area contributed by atoms with Gasteiger partial charge in [0.1, 0.15) is 18.1 Å². The van der Waals surface area contributed by atoms with Crippen LogP contribution in [0.1, 0.15) is 22.6 Å². The van der Waals surface area contributed by atoms with E-state index in [2.05, 4.69) is 30.4 Å². The Kier molecular flexibility index (Phi) is 6.10. The summed E-state index contributed by atoms with van der Waals surface area (Å²) in [5.74, 6) is 0.0223. The number of hydrogen-bond acceptors (Lipinski definition) is 6. The molecule has 1 amide bonds. The van der Waals surface area contributed by atoms with Crippen molar-refractivity contribution in [2.45, 2.75) is 33.5 Å². The normalized spacial score (nSPS) is 11.5. The number of nitrogens with one attached hydrogen (secondary N) is 1. The Bertz CT molecular complexity index is 1350. The highest BCUT2D eigenvalue weighted by Gasteiger charge is 2.33. The molecular formula is C23H20F3N7O. The molecule has 0 saturated heterocycles. The molecule has 0 aliphatic carbocycles. The first-order chi connectivity index (χ1) is 16.1. The minimum atomic E-state index is -4.55. The number of carbonyl (C=O) groups excluding carboxylic acids is 1. The minimum Gasteiger partial charge on any atom is -0.309 e. The van der Waals surface area contributed by atoms with Crippen molar-refractivity contribution in [3.8, 4) is 22.4 Å². The number of alkyl halides is 3. The van der Waals surface area contributed by atoms with E-state index in [9.17, 15) is 18.0 Å². The largest absolute Gasteiger partial charge is 0.433 e. The number of pyridine rings is 2. The van der Waals surface area contributed by atoms with Crippen molar-refractivity contribution in [2.75, 3.05) is 5.32 Å². The first-order valence-electron chi connectivity index (χ1n) is 10.2. The molecule has 11 heteroatoms. The van der Waals surface area contributed by atoms with Crippen LogP contribution in [0, 0.1) is 20.8 Å². The van der Waals surface area contributed by atoms with Gasteiger partial charge in [0.2, 0.25) is 5.91 Å². The van der Waals surface area contributed by atoms with Gasteiger partial charge in [-0.3, -0.25) is 24.4 Å². The van der Waals surface area contributed by atoms with E-state index in [4.69, 9.17) is 0 Å². The predicted molar refractivity (Wildman–Crippen MR) is 119 cm³/mol. The third kappa shape index (κ3) is 4.77. The second-order valence-corrected chi connectivity index (χ2v) is 7.66. The van der Waals surface area contributed by atoms with E-state index in [1.54, 1.807) is 38.6 Å². The van der Waals surface area contributed by atoms with Crippen LogP contribution in [-0.2, 0) is 17.5 Å². The van der Waals surface area contributed by atoms with Gasteiger partial charge >= 0.3 is 6.18 Å². The standard InChI is InChI=1S/C23H20F3N7O/c1-13-8-17(18-11-27-6-7-28-18)10-30-22(13)31-20(34)12-33-15(3)21(14(2)32-33)16-4-5-29-19(9-16)23(24,25)26/h4-11H,12H2,1-3H3,(H,30,31,34). The van der Waals surface area contributed by atoms with Gasteiger partial charge in [-0.05, 0) is 50.1 Å². The molecule has 4 heterocycles. The third-order valence-corrected chi connectivity index (χ3v) is 5.21. The summed E-state index contributed by atoms with van der Waals surface area (Å²) in [5.41, 5.74) is 3.12. The number of halogens is 3. The van der Waals surface area contributed by atoms with Crippen LogP contribution in [0.15, 0.2) is 49.2 Å². The fourth-order valence-corrected chi connectivity index (χ4v) is 3.61. The zero-order chi connectivity index (χ0) is 24.5. The van der Waals surface area contributed by atoms with Crippen molar-refractivity contribution in [3.05, 3.63) is 71.8 Å². The second kappa shape index (κ2) is 9.00. The summed E-state index contributed by atoms with van der Waals surface area (Å²) in [6.07, 6.45) is 2.93. The third-order valence-electron chi connectivity index (χ3n) is 5.21.